The van der Waals surface area contributed by atoms with Crippen LogP contribution in [0.4, 0.5) is 0 Å². The molecule has 0 spiro atoms. The molecule has 2 rings (SSSR count). The van der Waals surface area contributed by atoms with E-state index in [2.05, 4.69) is 6.58 Å². The average Bonchev–Trinajstić information content (AvgIpc) is 2.55. The van der Waals surface area contributed by atoms with Crippen LogP contribution >= 0.6 is 0 Å². The minimum absolute atomic E-state index is 0.292. The van der Waals surface area contributed by atoms with Gasteiger partial charge in [-0.1, -0.05) is 38.6 Å². The fraction of sp³-hybridized carbons (Fsp3) is 0.231. The topological polar surface area (TPSA) is 46.6 Å². The van der Waals surface area contributed by atoms with Crippen molar-refractivity contribution in [2.75, 3.05) is 0 Å². The summed E-state index contributed by atoms with van der Waals surface area (Å²) in [6.45, 7) is 7.18. The second-order valence-corrected chi connectivity index (χ2v) is 4.16. The Morgan fingerprint density at radius 1 is 1.29 bits per heavy atom. The van der Waals surface area contributed by atoms with Gasteiger partial charge in [-0.25, -0.2) is 4.79 Å². The smallest absolute Gasteiger partial charge is 0.333 e. The van der Waals surface area contributed by atoms with Crippen LogP contribution in [0.1, 0.15) is 29.8 Å². The summed E-state index contributed by atoms with van der Waals surface area (Å²) in [5.74, 6) is -1.09. The van der Waals surface area contributed by atoms with Gasteiger partial charge >= 0.3 is 5.97 Å². The molecular formula is C13H13NO3. The van der Waals surface area contributed by atoms with Crippen LogP contribution in [0.2, 0.25) is 0 Å². The number of hydrogen-bond donors (Lipinski definition) is 0. The highest BCUT2D eigenvalue weighted by Gasteiger charge is 2.34. The van der Waals surface area contributed by atoms with Crippen molar-refractivity contribution in [3.8, 4) is 0 Å². The summed E-state index contributed by atoms with van der Waals surface area (Å²) in [6, 6.07) is 7.04. The second kappa shape index (κ2) is 4.05. The van der Waals surface area contributed by atoms with Gasteiger partial charge in [0.25, 0.3) is 5.91 Å². The van der Waals surface area contributed by atoms with Crippen molar-refractivity contribution in [1.29, 1.82) is 0 Å². The van der Waals surface area contributed by atoms with Crippen molar-refractivity contribution in [2.24, 2.45) is 5.92 Å². The van der Waals surface area contributed by atoms with Crippen LogP contribution in [0.3, 0.4) is 0 Å². The predicted octanol–water partition coefficient (Wildman–Crippen LogP) is 2.23. The molecular weight excluding hydrogens is 218 g/mol. The Bertz CT molecular complexity index is 470. The van der Waals surface area contributed by atoms with Gasteiger partial charge in [-0.3, -0.25) is 4.79 Å². The van der Waals surface area contributed by atoms with Crippen LogP contribution in [0.25, 0.3) is 5.70 Å². The highest BCUT2D eigenvalue weighted by Crippen LogP contribution is 2.31. The molecule has 1 heterocycles. The number of carbonyl (C=O) groups is 2. The van der Waals surface area contributed by atoms with Gasteiger partial charge in [0, 0.05) is 5.56 Å². The summed E-state index contributed by atoms with van der Waals surface area (Å²) in [5, 5.41) is 0.965. The number of nitrogens with zero attached hydrogens (tertiary/aromatic N) is 1. The molecule has 1 aliphatic heterocycles. The van der Waals surface area contributed by atoms with Gasteiger partial charge in [0.15, 0.2) is 0 Å². The summed E-state index contributed by atoms with van der Waals surface area (Å²) < 4.78 is 0. The maximum absolute atomic E-state index is 12.0. The molecule has 0 atom stereocenters. The fourth-order valence-electron chi connectivity index (χ4n) is 1.55. The van der Waals surface area contributed by atoms with E-state index in [0.717, 1.165) is 5.06 Å². The van der Waals surface area contributed by atoms with E-state index >= 15 is 0 Å². The Morgan fingerprint density at radius 3 is 2.41 bits per heavy atom. The van der Waals surface area contributed by atoms with Gasteiger partial charge in [0.05, 0.1) is 17.2 Å². The van der Waals surface area contributed by atoms with Crippen molar-refractivity contribution in [1.82, 2.24) is 5.06 Å². The van der Waals surface area contributed by atoms with E-state index in [0.29, 0.717) is 16.8 Å². The van der Waals surface area contributed by atoms with Crippen molar-refractivity contribution in [3.05, 3.63) is 42.0 Å². The molecule has 4 nitrogen and oxygen atoms in total. The van der Waals surface area contributed by atoms with E-state index in [1.54, 1.807) is 32.0 Å². The van der Waals surface area contributed by atoms with E-state index in [1.165, 1.54) is 0 Å². The van der Waals surface area contributed by atoms with Crippen molar-refractivity contribution < 1.29 is 14.4 Å². The number of hydroxylamine groups is 2. The summed E-state index contributed by atoms with van der Waals surface area (Å²) in [5.41, 5.74) is 1.61. The van der Waals surface area contributed by atoms with Crippen molar-refractivity contribution >= 4 is 17.6 Å². The van der Waals surface area contributed by atoms with Crippen LogP contribution in [0.15, 0.2) is 30.8 Å². The molecule has 1 aromatic carbocycles. The first kappa shape index (κ1) is 11.4. The second-order valence-electron chi connectivity index (χ2n) is 4.16. The molecule has 17 heavy (non-hydrogen) atoms. The summed E-state index contributed by atoms with van der Waals surface area (Å²) >= 11 is 0. The molecule has 4 heteroatoms. The normalized spacial score (nSPS) is 14.2. The monoisotopic (exact) mass is 231 g/mol. The molecule has 88 valence electrons. The first-order valence-corrected chi connectivity index (χ1v) is 5.37. The molecule has 0 aromatic heterocycles. The summed E-state index contributed by atoms with van der Waals surface area (Å²) in [7, 11) is 0. The molecule has 1 aliphatic rings. The number of hydrogen-bond acceptors (Lipinski definition) is 3. The number of fused-ring (bicyclic) bond motifs is 1. The van der Waals surface area contributed by atoms with Crippen LogP contribution in [-0.4, -0.2) is 16.9 Å². The Hall–Kier alpha value is -2.10. The zero-order chi connectivity index (χ0) is 12.6. The molecule has 0 saturated heterocycles. The van der Waals surface area contributed by atoms with Crippen LogP contribution in [0, 0.1) is 5.92 Å². The molecule has 1 aromatic rings. The first-order valence-electron chi connectivity index (χ1n) is 5.37. The van der Waals surface area contributed by atoms with Crippen LogP contribution in [-0.2, 0) is 9.63 Å². The minimum atomic E-state index is -0.452. The number of carbonyl (C=O) groups excluding carboxylic acids is 2. The maximum Gasteiger partial charge on any atom is 0.335 e. The fourth-order valence-corrected chi connectivity index (χ4v) is 1.55. The zero-order valence-electron chi connectivity index (χ0n) is 9.77. The quantitative estimate of drug-likeness (QED) is 0.784. The lowest BCUT2D eigenvalue weighted by Gasteiger charge is -2.17. The third-order valence-electron chi connectivity index (χ3n) is 2.55. The molecule has 0 N–H and O–H groups in total. The molecule has 0 fully saturated rings. The lowest BCUT2D eigenvalue weighted by atomic mass is 10.1. The predicted molar refractivity (Wildman–Crippen MR) is 62.6 cm³/mol. The minimum Gasteiger partial charge on any atom is -0.333 e. The Balaban J connectivity index is 2.28. The lowest BCUT2D eigenvalue weighted by Crippen LogP contribution is -2.28. The third-order valence-corrected chi connectivity index (χ3v) is 2.55. The number of rotatable bonds is 2. The van der Waals surface area contributed by atoms with Crippen molar-refractivity contribution in [3.63, 3.8) is 0 Å². The maximum atomic E-state index is 12.0. The highest BCUT2D eigenvalue weighted by atomic mass is 16.7. The molecule has 0 radical (unpaired) electrons. The van der Waals surface area contributed by atoms with Crippen LogP contribution < -0.4 is 0 Å². The lowest BCUT2D eigenvalue weighted by molar-refractivity contribution is -0.170. The highest BCUT2D eigenvalue weighted by molar-refractivity contribution is 6.08. The van der Waals surface area contributed by atoms with E-state index in [-0.39, 0.29) is 11.8 Å². The van der Waals surface area contributed by atoms with Gasteiger partial charge < -0.3 is 4.84 Å². The summed E-state index contributed by atoms with van der Waals surface area (Å²) in [4.78, 5) is 28.5. The van der Waals surface area contributed by atoms with E-state index in [1.807, 2.05) is 6.07 Å². The van der Waals surface area contributed by atoms with E-state index < -0.39 is 5.97 Å². The largest absolute Gasteiger partial charge is 0.335 e. The standard InChI is InChI=1S/C13H13NO3/c1-8(2)13(16)17-14-9(3)10-6-4-5-7-11(10)12(14)15/h4-8H,3H2,1-2H3. The Kier molecular flexibility index (Phi) is 2.71. The number of amides is 1. The number of benzene rings is 1. The van der Waals surface area contributed by atoms with Gasteiger partial charge in [0.2, 0.25) is 0 Å². The van der Waals surface area contributed by atoms with Gasteiger partial charge in [-0.05, 0) is 6.07 Å². The van der Waals surface area contributed by atoms with Gasteiger partial charge in [-0.15, -0.1) is 5.06 Å². The zero-order valence-corrected chi connectivity index (χ0v) is 9.77. The van der Waals surface area contributed by atoms with E-state index in [4.69, 9.17) is 4.84 Å². The van der Waals surface area contributed by atoms with E-state index in [9.17, 15) is 9.59 Å². The summed E-state index contributed by atoms with van der Waals surface area (Å²) in [6.07, 6.45) is 0. The molecule has 1 amide bonds. The molecule has 0 unspecified atom stereocenters. The average molecular weight is 231 g/mol. The van der Waals surface area contributed by atoms with Gasteiger partial charge in [0.1, 0.15) is 0 Å². The van der Waals surface area contributed by atoms with Crippen LogP contribution in [0.5, 0.6) is 0 Å². The van der Waals surface area contributed by atoms with Gasteiger partial charge in [-0.2, -0.15) is 0 Å². The molecule has 0 aliphatic carbocycles. The third kappa shape index (κ3) is 1.82. The first-order chi connectivity index (χ1) is 8.02. The molecule has 0 bridgehead atoms. The Morgan fingerprint density at radius 2 is 1.88 bits per heavy atom. The SMILES string of the molecule is C=C1c2ccccc2C(=O)N1OC(=O)C(C)C. The molecule has 0 saturated carbocycles. The van der Waals surface area contributed by atoms with Crippen molar-refractivity contribution in [2.45, 2.75) is 13.8 Å². The Labute approximate surface area is 99.4 Å².